The number of para-hydroxylation sites is 1. The standard InChI is InChI=1S/C24H28N4OS2/c1-24(2,11-23-27-19-8-3-4-9-22(19)31-23)26-13-21(29)20-15-30-16-28(20)14-18-7-5-6-17(10-18)12-25/h3-10,20-21,26,29H,11,13-16H2,1-2H3. The highest BCUT2D eigenvalue weighted by atomic mass is 32.2. The lowest BCUT2D eigenvalue weighted by atomic mass is 10.00. The maximum absolute atomic E-state index is 11.0. The molecule has 0 amide bonds. The van der Waals surface area contributed by atoms with Crippen LogP contribution in [0.5, 0.6) is 0 Å². The van der Waals surface area contributed by atoms with Crippen molar-refractivity contribution in [1.82, 2.24) is 15.2 Å². The van der Waals surface area contributed by atoms with Gasteiger partial charge in [-0.3, -0.25) is 4.90 Å². The molecule has 1 aromatic heterocycles. The van der Waals surface area contributed by atoms with Crippen LogP contribution in [0.15, 0.2) is 48.5 Å². The number of aliphatic hydroxyl groups excluding tert-OH is 1. The highest BCUT2D eigenvalue weighted by Crippen LogP contribution is 2.27. The summed E-state index contributed by atoms with van der Waals surface area (Å²) in [7, 11) is 0. The molecule has 0 radical (unpaired) electrons. The van der Waals surface area contributed by atoms with Gasteiger partial charge < -0.3 is 10.4 Å². The van der Waals surface area contributed by atoms with E-state index in [0.29, 0.717) is 12.1 Å². The quantitative estimate of drug-likeness (QED) is 0.538. The topological polar surface area (TPSA) is 72.2 Å². The van der Waals surface area contributed by atoms with E-state index in [-0.39, 0.29) is 11.6 Å². The first-order chi connectivity index (χ1) is 14.9. The average molecular weight is 453 g/mol. The zero-order chi connectivity index (χ0) is 21.8. The summed E-state index contributed by atoms with van der Waals surface area (Å²) in [6, 6.07) is 18.3. The molecule has 0 aliphatic carbocycles. The van der Waals surface area contributed by atoms with E-state index in [0.717, 1.165) is 40.7 Å². The van der Waals surface area contributed by atoms with Crippen molar-refractivity contribution in [2.45, 2.75) is 44.5 Å². The van der Waals surface area contributed by atoms with E-state index >= 15 is 0 Å². The summed E-state index contributed by atoms with van der Waals surface area (Å²) in [6.07, 6.45) is 0.368. The first-order valence-corrected chi connectivity index (χ1v) is 12.5. The highest BCUT2D eigenvalue weighted by Gasteiger charge is 2.32. The van der Waals surface area contributed by atoms with Crippen molar-refractivity contribution >= 4 is 33.3 Å². The molecule has 4 rings (SSSR count). The smallest absolute Gasteiger partial charge is 0.0991 e. The Morgan fingerprint density at radius 3 is 2.94 bits per heavy atom. The molecule has 31 heavy (non-hydrogen) atoms. The van der Waals surface area contributed by atoms with Crippen molar-refractivity contribution in [3.8, 4) is 6.07 Å². The number of nitrogens with zero attached hydrogens (tertiary/aromatic N) is 3. The maximum Gasteiger partial charge on any atom is 0.0991 e. The Kier molecular flexibility index (Phi) is 6.95. The number of nitriles is 1. The third-order valence-corrected chi connectivity index (χ3v) is 7.75. The Bertz CT molecular complexity index is 1040. The number of hydrogen-bond donors (Lipinski definition) is 2. The molecule has 5 nitrogen and oxygen atoms in total. The van der Waals surface area contributed by atoms with Crippen LogP contribution >= 0.6 is 23.1 Å². The van der Waals surface area contributed by atoms with Gasteiger partial charge in [0.05, 0.1) is 33.0 Å². The van der Waals surface area contributed by atoms with Crippen molar-refractivity contribution < 1.29 is 5.11 Å². The van der Waals surface area contributed by atoms with Gasteiger partial charge in [-0.2, -0.15) is 5.26 Å². The molecule has 2 N–H and O–H groups in total. The molecule has 2 atom stereocenters. The number of thiazole rings is 1. The number of thioether (sulfide) groups is 1. The fourth-order valence-corrected chi connectivity index (χ4v) is 6.43. The van der Waals surface area contributed by atoms with Crippen molar-refractivity contribution in [3.63, 3.8) is 0 Å². The molecule has 3 aromatic rings. The summed E-state index contributed by atoms with van der Waals surface area (Å²) >= 11 is 3.59. The molecule has 0 spiro atoms. The number of aromatic nitrogens is 1. The van der Waals surface area contributed by atoms with Crippen LogP contribution in [-0.4, -0.2) is 50.8 Å². The maximum atomic E-state index is 11.0. The van der Waals surface area contributed by atoms with E-state index in [4.69, 9.17) is 10.2 Å². The van der Waals surface area contributed by atoms with E-state index in [1.807, 2.05) is 48.2 Å². The van der Waals surface area contributed by atoms with E-state index in [1.165, 1.54) is 4.70 Å². The van der Waals surface area contributed by atoms with Crippen molar-refractivity contribution in [1.29, 1.82) is 5.26 Å². The fourth-order valence-electron chi connectivity index (χ4n) is 3.94. The van der Waals surface area contributed by atoms with Crippen molar-refractivity contribution in [2.24, 2.45) is 0 Å². The minimum atomic E-state index is -0.455. The Labute approximate surface area is 192 Å². The molecule has 2 aromatic carbocycles. The van der Waals surface area contributed by atoms with E-state index in [1.54, 1.807) is 11.3 Å². The normalized spacial score (nSPS) is 18.3. The lowest BCUT2D eigenvalue weighted by Gasteiger charge is -2.32. The second-order valence-electron chi connectivity index (χ2n) is 8.71. The van der Waals surface area contributed by atoms with Crippen LogP contribution in [-0.2, 0) is 13.0 Å². The first-order valence-electron chi connectivity index (χ1n) is 10.5. The second-order valence-corrected chi connectivity index (χ2v) is 10.8. The summed E-state index contributed by atoms with van der Waals surface area (Å²) < 4.78 is 1.22. The predicted molar refractivity (Wildman–Crippen MR) is 129 cm³/mol. The lowest BCUT2D eigenvalue weighted by Crippen LogP contribution is -2.50. The van der Waals surface area contributed by atoms with Gasteiger partial charge in [0, 0.05) is 42.7 Å². The number of hydrogen-bond acceptors (Lipinski definition) is 7. The van der Waals surface area contributed by atoms with Crippen molar-refractivity contribution in [3.05, 3.63) is 64.7 Å². The van der Waals surface area contributed by atoms with Crippen LogP contribution in [0, 0.1) is 11.3 Å². The molecule has 1 aliphatic heterocycles. The number of rotatable bonds is 8. The van der Waals surface area contributed by atoms with E-state index in [9.17, 15) is 5.11 Å². The van der Waals surface area contributed by atoms with Gasteiger partial charge in [0.15, 0.2) is 0 Å². The Balaban J connectivity index is 1.34. The third kappa shape index (κ3) is 5.65. The largest absolute Gasteiger partial charge is 0.390 e. The first kappa shape index (κ1) is 22.3. The van der Waals surface area contributed by atoms with Gasteiger partial charge in [-0.25, -0.2) is 4.98 Å². The van der Waals surface area contributed by atoms with Gasteiger partial charge in [0.25, 0.3) is 0 Å². The molecule has 7 heteroatoms. The molecule has 162 valence electrons. The summed E-state index contributed by atoms with van der Waals surface area (Å²) in [6.45, 7) is 5.62. The number of aliphatic hydroxyl groups is 1. The minimum Gasteiger partial charge on any atom is -0.390 e. The van der Waals surface area contributed by atoms with Gasteiger partial charge in [0.2, 0.25) is 0 Å². The SMILES string of the molecule is CC(C)(Cc1nc2ccccc2s1)NCC(O)C1CSCN1Cc1cccc(C#N)c1. The van der Waals surface area contributed by atoms with Gasteiger partial charge in [-0.1, -0.05) is 24.3 Å². The van der Waals surface area contributed by atoms with Crippen LogP contribution in [0.25, 0.3) is 10.2 Å². The number of nitrogens with one attached hydrogen (secondary N) is 1. The highest BCUT2D eigenvalue weighted by molar-refractivity contribution is 7.99. The molecule has 1 aliphatic rings. The Morgan fingerprint density at radius 1 is 1.29 bits per heavy atom. The van der Waals surface area contributed by atoms with Crippen LogP contribution in [0.3, 0.4) is 0 Å². The predicted octanol–water partition coefficient (Wildman–Crippen LogP) is 4.01. The summed E-state index contributed by atoms with van der Waals surface area (Å²) in [4.78, 5) is 7.07. The van der Waals surface area contributed by atoms with Crippen molar-refractivity contribution in [2.75, 3.05) is 18.2 Å². The van der Waals surface area contributed by atoms with Gasteiger partial charge in [-0.05, 0) is 43.7 Å². The summed E-state index contributed by atoms with van der Waals surface area (Å²) in [5.74, 6) is 1.81. The van der Waals surface area contributed by atoms with E-state index in [2.05, 4.69) is 42.3 Å². The summed E-state index contributed by atoms with van der Waals surface area (Å²) in [5.41, 5.74) is 2.69. The molecule has 0 saturated carbocycles. The third-order valence-electron chi connectivity index (χ3n) is 5.62. The van der Waals surface area contributed by atoms with Gasteiger partial charge in [0.1, 0.15) is 0 Å². The Morgan fingerprint density at radius 2 is 2.13 bits per heavy atom. The fraction of sp³-hybridized carbons (Fsp3) is 0.417. The second kappa shape index (κ2) is 9.68. The van der Waals surface area contributed by atoms with Crippen LogP contribution < -0.4 is 5.32 Å². The zero-order valence-corrected chi connectivity index (χ0v) is 19.5. The van der Waals surface area contributed by atoms with Crippen LogP contribution in [0.4, 0.5) is 0 Å². The number of benzene rings is 2. The lowest BCUT2D eigenvalue weighted by molar-refractivity contribution is 0.0684. The molecular weight excluding hydrogens is 424 g/mol. The zero-order valence-electron chi connectivity index (χ0n) is 17.9. The average Bonchev–Trinajstić information content (AvgIpc) is 3.38. The van der Waals surface area contributed by atoms with Gasteiger partial charge >= 0.3 is 0 Å². The van der Waals surface area contributed by atoms with E-state index < -0.39 is 6.10 Å². The Hall–Kier alpha value is -1.95. The van der Waals surface area contributed by atoms with Crippen LogP contribution in [0.2, 0.25) is 0 Å². The molecule has 0 bridgehead atoms. The van der Waals surface area contributed by atoms with Crippen LogP contribution in [0.1, 0.15) is 30.0 Å². The number of fused-ring (bicyclic) bond motifs is 1. The monoisotopic (exact) mass is 452 g/mol. The summed E-state index contributed by atoms with van der Waals surface area (Å²) in [5, 5.41) is 24.8. The molecule has 2 unspecified atom stereocenters. The van der Waals surface area contributed by atoms with Gasteiger partial charge in [-0.15, -0.1) is 23.1 Å². The minimum absolute atomic E-state index is 0.0986. The number of β-amino-alcohol motifs (C(OH)–C–C–N with tert-alkyl or cyclic N) is 1. The molecule has 1 saturated heterocycles. The molecule has 1 fully saturated rings. The molecular formula is C24H28N4OS2. The molecule has 2 heterocycles.